The number of rotatable bonds is 2. The van der Waals surface area contributed by atoms with E-state index in [-0.39, 0.29) is 5.82 Å². The van der Waals surface area contributed by atoms with Gasteiger partial charge in [0.05, 0.1) is 5.69 Å². The average Bonchev–Trinajstić information content (AvgIpc) is 2.74. The van der Waals surface area contributed by atoms with Gasteiger partial charge in [-0.25, -0.2) is 9.37 Å². The summed E-state index contributed by atoms with van der Waals surface area (Å²) in [6.07, 6.45) is 7.19. The molecule has 1 fully saturated rings. The van der Waals surface area contributed by atoms with Crippen LogP contribution in [0.1, 0.15) is 18.5 Å². The van der Waals surface area contributed by atoms with Gasteiger partial charge in [-0.1, -0.05) is 0 Å². The summed E-state index contributed by atoms with van der Waals surface area (Å²) < 4.78 is 15.2. The molecule has 0 amide bonds. The number of pyridine rings is 1. The molecule has 90 valence electrons. The zero-order chi connectivity index (χ0) is 11.7. The third-order valence-corrected chi connectivity index (χ3v) is 3.38. The summed E-state index contributed by atoms with van der Waals surface area (Å²) in [5.41, 5.74) is 1.43. The van der Waals surface area contributed by atoms with Crippen molar-refractivity contribution in [3.8, 4) is 0 Å². The van der Waals surface area contributed by atoms with E-state index in [1.165, 1.54) is 18.9 Å². The number of nitrogens with zero attached hydrogens (tertiary/aromatic N) is 2. The van der Waals surface area contributed by atoms with Gasteiger partial charge in [-0.3, -0.25) is 0 Å². The molecule has 0 radical (unpaired) electrons. The molecule has 3 nitrogen and oxygen atoms in total. The van der Waals surface area contributed by atoms with E-state index in [0.717, 1.165) is 25.2 Å². The molecule has 1 aliphatic rings. The average molecular weight is 233 g/mol. The van der Waals surface area contributed by atoms with E-state index >= 15 is 0 Å². The fourth-order valence-corrected chi connectivity index (χ4v) is 2.52. The molecule has 0 bridgehead atoms. The number of piperidine rings is 1. The standard InChI is InChI=1S/C13H16FN3/c14-12-4-2-6-17-9-11(16-13(12)17)7-10-3-1-5-15-8-10/h2,4,6,9-10,15H,1,3,5,7-8H2. The summed E-state index contributed by atoms with van der Waals surface area (Å²) in [7, 11) is 0. The number of nitrogens with one attached hydrogen (secondary N) is 1. The first-order valence-corrected chi connectivity index (χ1v) is 6.16. The van der Waals surface area contributed by atoms with Crippen molar-refractivity contribution in [1.82, 2.24) is 14.7 Å². The largest absolute Gasteiger partial charge is 0.316 e. The molecule has 1 aliphatic heterocycles. The van der Waals surface area contributed by atoms with Crippen molar-refractivity contribution >= 4 is 5.65 Å². The van der Waals surface area contributed by atoms with Crippen LogP contribution in [0.15, 0.2) is 24.5 Å². The van der Waals surface area contributed by atoms with Crippen molar-refractivity contribution in [1.29, 1.82) is 0 Å². The first-order valence-electron chi connectivity index (χ1n) is 6.16. The molecular weight excluding hydrogens is 217 g/mol. The zero-order valence-electron chi connectivity index (χ0n) is 9.69. The Morgan fingerprint density at radius 3 is 3.24 bits per heavy atom. The number of aromatic nitrogens is 2. The minimum absolute atomic E-state index is 0.250. The van der Waals surface area contributed by atoms with Crippen molar-refractivity contribution in [2.45, 2.75) is 19.3 Å². The molecule has 1 atom stereocenters. The lowest BCUT2D eigenvalue weighted by Gasteiger charge is -2.21. The first-order chi connectivity index (χ1) is 8.33. The molecule has 4 heteroatoms. The molecule has 1 unspecified atom stereocenters. The van der Waals surface area contributed by atoms with Crippen LogP contribution in [-0.2, 0) is 6.42 Å². The lowest BCUT2D eigenvalue weighted by Crippen LogP contribution is -2.30. The smallest absolute Gasteiger partial charge is 0.173 e. The molecule has 0 spiro atoms. The van der Waals surface area contributed by atoms with Gasteiger partial charge in [-0.15, -0.1) is 0 Å². The Kier molecular flexibility index (Phi) is 2.81. The molecule has 0 aliphatic carbocycles. The molecular formula is C13H16FN3. The van der Waals surface area contributed by atoms with E-state index in [9.17, 15) is 4.39 Å². The predicted octanol–water partition coefficient (Wildman–Crippen LogP) is 2.02. The Bertz CT molecular complexity index is 514. The van der Waals surface area contributed by atoms with E-state index in [1.807, 2.05) is 12.4 Å². The molecule has 0 saturated carbocycles. The highest BCUT2D eigenvalue weighted by Gasteiger charge is 2.15. The lowest BCUT2D eigenvalue weighted by molar-refractivity contribution is 0.374. The van der Waals surface area contributed by atoms with Gasteiger partial charge >= 0.3 is 0 Å². The van der Waals surface area contributed by atoms with Crippen LogP contribution in [0.25, 0.3) is 5.65 Å². The first kappa shape index (κ1) is 10.7. The summed E-state index contributed by atoms with van der Waals surface area (Å²) in [5, 5.41) is 3.39. The minimum atomic E-state index is -0.250. The maximum Gasteiger partial charge on any atom is 0.173 e. The Morgan fingerprint density at radius 1 is 1.53 bits per heavy atom. The number of imidazole rings is 1. The normalized spacial score (nSPS) is 20.9. The monoisotopic (exact) mass is 233 g/mol. The van der Waals surface area contributed by atoms with Crippen molar-refractivity contribution in [2.24, 2.45) is 5.92 Å². The summed E-state index contributed by atoms with van der Waals surface area (Å²) in [5.74, 6) is 0.386. The second-order valence-electron chi connectivity index (χ2n) is 4.74. The van der Waals surface area contributed by atoms with Crippen LogP contribution >= 0.6 is 0 Å². The molecule has 1 N–H and O–H groups in total. The van der Waals surface area contributed by atoms with Gasteiger partial charge in [-0.2, -0.15) is 0 Å². The van der Waals surface area contributed by atoms with E-state index in [2.05, 4.69) is 10.3 Å². The summed E-state index contributed by atoms with van der Waals surface area (Å²) >= 11 is 0. The quantitative estimate of drug-likeness (QED) is 0.859. The summed E-state index contributed by atoms with van der Waals surface area (Å²) in [6, 6.07) is 3.16. The Hall–Kier alpha value is -1.42. The Balaban J connectivity index is 1.83. The molecule has 3 heterocycles. The van der Waals surface area contributed by atoms with E-state index in [4.69, 9.17) is 0 Å². The van der Waals surface area contributed by atoms with Crippen LogP contribution in [0, 0.1) is 11.7 Å². The van der Waals surface area contributed by atoms with Gasteiger partial charge in [0.1, 0.15) is 0 Å². The van der Waals surface area contributed by atoms with Crippen molar-refractivity contribution in [2.75, 3.05) is 13.1 Å². The van der Waals surface area contributed by atoms with Gasteiger partial charge in [0.15, 0.2) is 11.5 Å². The Labute approximate surface area is 99.7 Å². The number of hydrogen-bond acceptors (Lipinski definition) is 2. The summed E-state index contributed by atoms with van der Waals surface area (Å²) in [6.45, 7) is 2.17. The van der Waals surface area contributed by atoms with Crippen molar-refractivity contribution in [3.63, 3.8) is 0 Å². The Morgan fingerprint density at radius 2 is 2.47 bits per heavy atom. The second kappa shape index (κ2) is 4.45. The van der Waals surface area contributed by atoms with Crippen LogP contribution in [0.4, 0.5) is 4.39 Å². The highest BCUT2D eigenvalue weighted by molar-refractivity contribution is 5.41. The van der Waals surface area contributed by atoms with E-state index in [0.29, 0.717) is 11.6 Å². The fraction of sp³-hybridized carbons (Fsp3) is 0.462. The van der Waals surface area contributed by atoms with E-state index < -0.39 is 0 Å². The highest BCUT2D eigenvalue weighted by Crippen LogP contribution is 2.17. The molecule has 3 rings (SSSR count). The molecule has 2 aromatic rings. The lowest BCUT2D eigenvalue weighted by atomic mass is 9.95. The van der Waals surface area contributed by atoms with Crippen molar-refractivity contribution in [3.05, 3.63) is 36.0 Å². The van der Waals surface area contributed by atoms with Gasteiger partial charge in [0, 0.05) is 12.4 Å². The van der Waals surface area contributed by atoms with Crippen LogP contribution in [0.3, 0.4) is 0 Å². The second-order valence-corrected chi connectivity index (χ2v) is 4.74. The molecule has 0 aromatic carbocycles. The van der Waals surface area contributed by atoms with E-state index in [1.54, 1.807) is 10.5 Å². The maximum absolute atomic E-state index is 13.5. The van der Waals surface area contributed by atoms with Crippen LogP contribution in [0.2, 0.25) is 0 Å². The number of fused-ring (bicyclic) bond motifs is 1. The van der Waals surface area contributed by atoms with Gasteiger partial charge < -0.3 is 9.72 Å². The van der Waals surface area contributed by atoms with Crippen LogP contribution in [0.5, 0.6) is 0 Å². The zero-order valence-corrected chi connectivity index (χ0v) is 9.69. The number of halogens is 1. The minimum Gasteiger partial charge on any atom is -0.316 e. The third kappa shape index (κ3) is 2.17. The maximum atomic E-state index is 13.5. The van der Waals surface area contributed by atoms with Crippen LogP contribution < -0.4 is 5.32 Å². The fourth-order valence-electron chi connectivity index (χ4n) is 2.52. The van der Waals surface area contributed by atoms with Gasteiger partial charge in [-0.05, 0) is 50.4 Å². The highest BCUT2D eigenvalue weighted by atomic mass is 19.1. The van der Waals surface area contributed by atoms with Gasteiger partial charge in [0.25, 0.3) is 0 Å². The predicted molar refractivity (Wildman–Crippen MR) is 64.4 cm³/mol. The molecule has 17 heavy (non-hydrogen) atoms. The SMILES string of the molecule is Fc1cccn2cc(CC3CCCNC3)nc12. The third-order valence-electron chi connectivity index (χ3n) is 3.38. The molecule has 1 saturated heterocycles. The van der Waals surface area contributed by atoms with Crippen molar-refractivity contribution < 1.29 is 4.39 Å². The van der Waals surface area contributed by atoms with Crippen LogP contribution in [-0.4, -0.2) is 22.5 Å². The topological polar surface area (TPSA) is 29.3 Å². The number of hydrogen-bond donors (Lipinski definition) is 1. The van der Waals surface area contributed by atoms with Gasteiger partial charge in [0.2, 0.25) is 0 Å². The summed E-state index contributed by atoms with van der Waals surface area (Å²) in [4.78, 5) is 4.37. The molecule has 2 aromatic heterocycles.